The van der Waals surface area contributed by atoms with E-state index in [-0.39, 0.29) is 12.4 Å². The molecular formula is C20H23ClN2OS. The lowest BCUT2D eigenvalue weighted by Gasteiger charge is -2.32. The molecule has 0 unspecified atom stereocenters. The van der Waals surface area contributed by atoms with Crippen LogP contribution in [0.15, 0.2) is 47.4 Å². The van der Waals surface area contributed by atoms with Crippen LogP contribution in [0.1, 0.15) is 24.0 Å². The van der Waals surface area contributed by atoms with Gasteiger partial charge in [0.2, 0.25) is 0 Å². The van der Waals surface area contributed by atoms with Gasteiger partial charge in [0.05, 0.1) is 0 Å². The number of nitrogens with zero attached hydrogens (tertiary/aromatic N) is 2. The number of halogens is 1. The Balaban J connectivity index is 0.00000182. The van der Waals surface area contributed by atoms with Gasteiger partial charge >= 0.3 is 0 Å². The first-order chi connectivity index (χ1) is 11.8. The molecule has 132 valence electrons. The van der Waals surface area contributed by atoms with E-state index in [0.29, 0.717) is 6.10 Å². The van der Waals surface area contributed by atoms with Crippen molar-refractivity contribution in [3.8, 4) is 5.75 Å². The summed E-state index contributed by atoms with van der Waals surface area (Å²) in [6.07, 6.45) is 6.26. The Kier molecular flexibility index (Phi) is 5.94. The van der Waals surface area contributed by atoms with Crippen LogP contribution in [0, 0.1) is 6.92 Å². The molecule has 0 radical (unpaired) electrons. The lowest BCUT2D eigenvalue weighted by atomic mass is 10.1. The minimum Gasteiger partial charge on any atom is -0.490 e. The van der Waals surface area contributed by atoms with Gasteiger partial charge in [-0.1, -0.05) is 0 Å². The SMILES string of the molecule is Cc1cc2cnccc2cc1OC1CCN(Cc2ccsc2)CC1.Cl. The third kappa shape index (κ3) is 4.32. The highest BCUT2D eigenvalue weighted by atomic mass is 35.5. The number of hydrogen-bond acceptors (Lipinski definition) is 4. The second-order valence-electron chi connectivity index (χ2n) is 6.57. The number of benzene rings is 1. The predicted molar refractivity (Wildman–Crippen MR) is 107 cm³/mol. The Labute approximate surface area is 159 Å². The molecule has 0 spiro atoms. The van der Waals surface area contributed by atoms with Crippen LogP contribution < -0.4 is 4.74 Å². The van der Waals surface area contributed by atoms with Gasteiger partial charge in [-0.25, -0.2) is 0 Å². The fourth-order valence-electron chi connectivity index (χ4n) is 3.36. The number of pyridine rings is 1. The highest BCUT2D eigenvalue weighted by molar-refractivity contribution is 7.07. The second-order valence-corrected chi connectivity index (χ2v) is 7.35. The van der Waals surface area contributed by atoms with Crippen molar-refractivity contribution in [2.45, 2.75) is 32.4 Å². The molecule has 3 nitrogen and oxygen atoms in total. The summed E-state index contributed by atoms with van der Waals surface area (Å²) in [5.41, 5.74) is 2.62. The molecule has 2 aromatic heterocycles. The van der Waals surface area contributed by atoms with Crippen molar-refractivity contribution in [1.29, 1.82) is 0 Å². The van der Waals surface area contributed by atoms with Gasteiger partial charge in [0.25, 0.3) is 0 Å². The highest BCUT2D eigenvalue weighted by Crippen LogP contribution is 2.28. The van der Waals surface area contributed by atoms with Crippen molar-refractivity contribution in [1.82, 2.24) is 9.88 Å². The topological polar surface area (TPSA) is 25.4 Å². The second kappa shape index (κ2) is 8.17. The summed E-state index contributed by atoms with van der Waals surface area (Å²) in [5.74, 6) is 1.02. The molecule has 0 aliphatic carbocycles. The number of ether oxygens (including phenoxy) is 1. The average Bonchev–Trinajstić information content (AvgIpc) is 3.10. The maximum atomic E-state index is 6.33. The van der Waals surface area contributed by atoms with Crippen molar-refractivity contribution in [2.24, 2.45) is 0 Å². The molecule has 0 saturated carbocycles. The third-order valence-corrected chi connectivity index (χ3v) is 5.48. The molecule has 3 aromatic rings. The summed E-state index contributed by atoms with van der Waals surface area (Å²) in [7, 11) is 0. The van der Waals surface area contributed by atoms with Crippen molar-refractivity contribution in [3.05, 3.63) is 58.5 Å². The summed E-state index contributed by atoms with van der Waals surface area (Å²) >= 11 is 1.78. The zero-order chi connectivity index (χ0) is 16.4. The van der Waals surface area contributed by atoms with Gasteiger partial charge in [-0.05, 0) is 71.3 Å². The number of fused-ring (bicyclic) bond motifs is 1. The fraction of sp³-hybridized carbons (Fsp3) is 0.350. The van der Waals surface area contributed by atoms with Gasteiger partial charge in [-0.3, -0.25) is 9.88 Å². The minimum absolute atomic E-state index is 0. The van der Waals surface area contributed by atoms with Crippen molar-refractivity contribution >= 4 is 34.5 Å². The van der Waals surface area contributed by atoms with E-state index in [1.807, 2.05) is 18.5 Å². The number of hydrogen-bond donors (Lipinski definition) is 0. The molecule has 0 N–H and O–H groups in total. The first-order valence-electron chi connectivity index (χ1n) is 8.52. The molecule has 25 heavy (non-hydrogen) atoms. The van der Waals surface area contributed by atoms with Crippen LogP contribution in [0.25, 0.3) is 10.8 Å². The summed E-state index contributed by atoms with van der Waals surface area (Å²) < 4.78 is 6.33. The predicted octanol–water partition coefficient (Wildman–Crippen LogP) is 5.07. The summed E-state index contributed by atoms with van der Waals surface area (Å²) in [6.45, 7) is 5.40. The van der Waals surface area contributed by atoms with Gasteiger partial charge in [0.1, 0.15) is 11.9 Å². The van der Waals surface area contributed by atoms with Crippen molar-refractivity contribution in [2.75, 3.05) is 13.1 Å². The molecule has 4 rings (SSSR count). The minimum atomic E-state index is 0. The molecule has 1 saturated heterocycles. The number of piperidine rings is 1. The van der Waals surface area contributed by atoms with Crippen molar-refractivity contribution < 1.29 is 4.74 Å². The zero-order valence-corrected chi connectivity index (χ0v) is 16.0. The molecule has 5 heteroatoms. The van der Waals surface area contributed by atoms with Crippen LogP contribution in [0.3, 0.4) is 0 Å². The van der Waals surface area contributed by atoms with Gasteiger partial charge in [0, 0.05) is 37.4 Å². The normalized spacial score (nSPS) is 15.9. The number of likely N-dealkylation sites (tertiary alicyclic amines) is 1. The van der Waals surface area contributed by atoms with Crippen LogP contribution in [0.4, 0.5) is 0 Å². The molecule has 1 aliphatic rings. The lowest BCUT2D eigenvalue weighted by molar-refractivity contribution is 0.0964. The molecule has 1 aromatic carbocycles. The molecule has 3 heterocycles. The van der Waals surface area contributed by atoms with E-state index in [4.69, 9.17) is 4.74 Å². The quantitative estimate of drug-likeness (QED) is 0.637. The van der Waals surface area contributed by atoms with E-state index in [9.17, 15) is 0 Å². The number of rotatable bonds is 4. The first-order valence-corrected chi connectivity index (χ1v) is 9.47. The lowest BCUT2D eigenvalue weighted by Crippen LogP contribution is -2.37. The largest absolute Gasteiger partial charge is 0.490 e. The maximum absolute atomic E-state index is 6.33. The van der Waals surface area contributed by atoms with Gasteiger partial charge < -0.3 is 4.74 Å². The van der Waals surface area contributed by atoms with E-state index >= 15 is 0 Å². The average molecular weight is 375 g/mol. The van der Waals surface area contributed by atoms with E-state index in [1.54, 1.807) is 11.3 Å². The molecule has 0 atom stereocenters. The Hall–Kier alpha value is -1.62. The molecule has 0 amide bonds. The van der Waals surface area contributed by atoms with E-state index in [2.05, 4.69) is 45.8 Å². The number of aromatic nitrogens is 1. The van der Waals surface area contributed by atoms with Gasteiger partial charge in [-0.2, -0.15) is 11.3 Å². The van der Waals surface area contributed by atoms with Gasteiger partial charge in [-0.15, -0.1) is 12.4 Å². The first kappa shape index (κ1) is 18.2. The Bertz CT molecular complexity index is 814. The molecule has 1 fully saturated rings. The van der Waals surface area contributed by atoms with Crippen LogP contribution in [-0.2, 0) is 6.54 Å². The molecule has 0 bridgehead atoms. The van der Waals surface area contributed by atoms with Crippen LogP contribution in [-0.4, -0.2) is 29.1 Å². The van der Waals surface area contributed by atoms with Crippen LogP contribution in [0.2, 0.25) is 0 Å². The smallest absolute Gasteiger partial charge is 0.123 e. The highest BCUT2D eigenvalue weighted by Gasteiger charge is 2.21. The van der Waals surface area contributed by atoms with Gasteiger partial charge in [0.15, 0.2) is 0 Å². The van der Waals surface area contributed by atoms with E-state index in [0.717, 1.165) is 38.2 Å². The maximum Gasteiger partial charge on any atom is 0.123 e. The summed E-state index contributed by atoms with van der Waals surface area (Å²) in [6, 6.07) is 8.60. The zero-order valence-electron chi connectivity index (χ0n) is 14.4. The Morgan fingerprint density at radius 2 is 2.04 bits per heavy atom. The monoisotopic (exact) mass is 374 g/mol. The van der Waals surface area contributed by atoms with Crippen LogP contribution >= 0.6 is 23.7 Å². The summed E-state index contributed by atoms with van der Waals surface area (Å²) in [4.78, 5) is 6.72. The number of aryl methyl sites for hydroxylation is 1. The van der Waals surface area contributed by atoms with Crippen molar-refractivity contribution in [3.63, 3.8) is 0 Å². The van der Waals surface area contributed by atoms with E-state index in [1.165, 1.54) is 21.9 Å². The fourth-order valence-corrected chi connectivity index (χ4v) is 4.02. The summed E-state index contributed by atoms with van der Waals surface area (Å²) in [5, 5.41) is 6.77. The third-order valence-electron chi connectivity index (χ3n) is 4.75. The Morgan fingerprint density at radius 1 is 1.20 bits per heavy atom. The molecule has 1 aliphatic heterocycles. The van der Waals surface area contributed by atoms with E-state index < -0.39 is 0 Å². The molecular weight excluding hydrogens is 352 g/mol. The standard InChI is InChI=1S/C20H22N2OS.ClH/c1-15-10-18-12-21-6-2-17(18)11-20(15)23-19-3-7-22(8-4-19)13-16-5-9-24-14-16;/h2,5-6,9-12,14,19H,3-4,7-8,13H2,1H3;1H. The Morgan fingerprint density at radius 3 is 2.80 bits per heavy atom. The number of thiophene rings is 1. The van der Waals surface area contributed by atoms with Crippen LogP contribution in [0.5, 0.6) is 5.75 Å².